The van der Waals surface area contributed by atoms with Gasteiger partial charge in [-0.1, -0.05) is 16.8 Å². The van der Waals surface area contributed by atoms with E-state index < -0.39 is 36.5 Å². The number of amides is 1. The first-order valence-corrected chi connectivity index (χ1v) is 11.9. The number of carbonyl (C=O) groups excluding carboxylic acids is 2. The molecule has 4 unspecified atom stereocenters. The van der Waals surface area contributed by atoms with Crippen molar-refractivity contribution in [1.29, 1.82) is 0 Å². The topological polar surface area (TPSA) is 216 Å². The number of halogens is 1. The van der Waals surface area contributed by atoms with Crippen LogP contribution in [0.2, 0.25) is 5.02 Å². The number of aliphatic hydroxyl groups is 1. The molecule has 4 aromatic rings. The van der Waals surface area contributed by atoms with Crippen molar-refractivity contribution in [3.05, 3.63) is 59.0 Å². The Kier molecular flexibility index (Phi) is 7.30. The van der Waals surface area contributed by atoms with Crippen LogP contribution in [0.3, 0.4) is 0 Å². The molecule has 0 saturated carbocycles. The van der Waals surface area contributed by atoms with Crippen LogP contribution in [-0.4, -0.2) is 60.1 Å². The van der Waals surface area contributed by atoms with E-state index in [-0.39, 0.29) is 18.8 Å². The Labute approximate surface area is 225 Å². The van der Waals surface area contributed by atoms with Crippen molar-refractivity contribution in [3.63, 3.8) is 0 Å². The molecule has 6 N–H and O–H groups in total. The predicted octanol–water partition coefficient (Wildman–Crippen LogP) is 1.17. The second kappa shape index (κ2) is 10.8. The van der Waals surface area contributed by atoms with E-state index in [1.165, 1.54) is 17.2 Å². The predicted molar refractivity (Wildman–Crippen MR) is 133 cm³/mol. The summed E-state index contributed by atoms with van der Waals surface area (Å²) in [6, 6.07) is 5.79. The van der Waals surface area contributed by atoms with Gasteiger partial charge >= 0.3 is 12.1 Å². The van der Waals surface area contributed by atoms with Gasteiger partial charge in [0.05, 0.1) is 18.1 Å². The lowest BCUT2D eigenvalue weighted by atomic mass is 10.1. The number of aliphatic hydroxyl groups excluding tert-OH is 1. The molecule has 1 aliphatic heterocycles. The zero-order valence-electron chi connectivity index (χ0n) is 20.4. The van der Waals surface area contributed by atoms with Crippen LogP contribution in [0.4, 0.5) is 10.6 Å². The van der Waals surface area contributed by atoms with Gasteiger partial charge in [-0.3, -0.25) is 4.57 Å². The molecular weight excluding hydrogens is 536 g/mol. The molecule has 39 heavy (non-hydrogen) atoms. The quantitative estimate of drug-likeness (QED) is 0.176. The minimum absolute atomic E-state index is 0.178. The first kappa shape index (κ1) is 26.3. The molecule has 15 nitrogen and oxygen atoms in total. The molecule has 1 amide bonds. The number of rotatable bonds is 8. The monoisotopic (exact) mass is 558 g/mol. The van der Waals surface area contributed by atoms with E-state index in [2.05, 4.69) is 30.2 Å². The summed E-state index contributed by atoms with van der Waals surface area (Å²) in [7, 11) is 0. The SMILES string of the molecule is Cc1cc(COc2ccc(Cl)cc2CNc2ncnc3c2ncn3C2OC(C(=O)OC(N)=O)C(N)C2O)on1. The Bertz CT molecular complexity index is 1530. The van der Waals surface area contributed by atoms with Gasteiger partial charge in [0.25, 0.3) is 0 Å². The number of nitrogens with zero attached hydrogens (tertiary/aromatic N) is 5. The average Bonchev–Trinajstić information content (AvgIpc) is 3.59. The van der Waals surface area contributed by atoms with Gasteiger partial charge in [-0.05, 0) is 25.1 Å². The number of hydrogen-bond donors (Lipinski definition) is 4. The molecule has 0 radical (unpaired) electrons. The van der Waals surface area contributed by atoms with Crippen LogP contribution in [-0.2, 0) is 27.4 Å². The minimum Gasteiger partial charge on any atom is -0.485 e. The van der Waals surface area contributed by atoms with Gasteiger partial charge in [0.2, 0.25) is 0 Å². The number of primary amides is 1. The molecule has 204 valence electrons. The number of benzene rings is 1. The number of anilines is 1. The normalized spacial score (nSPS) is 20.7. The zero-order chi connectivity index (χ0) is 27.7. The summed E-state index contributed by atoms with van der Waals surface area (Å²) in [6.07, 6.45) is -2.59. The number of fused-ring (bicyclic) bond motifs is 1. The van der Waals surface area contributed by atoms with Crippen molar-refractivity contribution in [2.45, 2.75) is 44.6 Å². The Balaban J connectivity index is 1.34. The van der Waals surface area contributed by atoms with Gasteiger partial charge < -0.3 is 40.6 Å². The highest BCUT2D eigenvalue weighted by atomic mass is 35.5. The summed E-state index contributed by atoms with van der Waals surface area (Å²) in [5.74, 6) is 0.403. The maximum Gasteiger partial charge on any atom is 0.412 e. The lowest BCUT2D eigenvalue weighted by Crippen LogP contribution is -2.44. The number of nitrogens with two attached hydrogens (primary N) is 2. The highest BCUT2D eigenvalue weighted by molar-refractivity contribution is 6.30. The molecule has 4 atom stereocenters. The van der Waals surface area contributed by atoms with Crippen molar-refractivity contribution in [1.82, 2.24) is 24.7 Å². The molecule has 16 heteroatoms. The third kappa shape index (κ3) is 5.46. The van der Waals surface area contributed by atoms with Crippen molar-refractivity contribution in [3.8, 4) is 5.75 Å². The van der Waals surface area contributed by atoms with Gasteiger partial charge in [-0.2, -0.15) is 0 Å². The van der Waals surface area contributed by atoms with Crippen LogP contribution < -0.4 is 21.5 Å². The van der Waals surface area contributed by atoms with Crippen molar-refractivity contribution in [2.24, 2.45) is 11.5 Å². The molecule has 3 aromatic heterocycles. The zero-order valence-corrected chi connectivity index (χ0v) is 21.1. The van der Waals surface area contributed by atoms with Crippen LogP contribution in [0, 0.1) is 6.92 Å². The van der Waals surface area contributed by atoms with E-state index >= 15 is 0 Å². The van der Waals surface area contributed by atoms with Gasteiger partial charge in [0.15, 0.2) is 35.1 Å². The average molecular weight is 559 g/mol. The molecule has 4 heterocycles. The number of ether oxygens (including phenoxy) is 3. The second-order valence-corrected chi connectivity index (χ2v) is 9.07. The highest BCUT2D eigenvalue weighted by Gasteiger charge is 2.48. The van der Waals surface area contributed by atoms with E-state index in [1.807, 2.05) is 6.92 Å². The lowest BCUT2D eigenvalue weighted by Gasteiger charge is -2.16. The fraction of sp³-hybridized carbons (Fsp3) is 0.304. The van der Waals surface area contributed by atoms with E-state index in [1.54, 1.807) is 24.3 Å². The Morgan fingerprint density at radius 3 is 2.82 bits per heavy atom. The summed E-state index contributed by atoms with van der Waals surface area (Å²) < 4.78 is 22.5. The molecule has 0 bridgehead atoms. The van der Waals surface area contributed by atoms with Crippen LogP contribution >= 0.6 is 11.6 Å². The van der Waals surface area contributed by atoms with Gasteiger partial charge in [0, 0.05) is 23.2 Å². The largest absolute Gasteiger partial charge is 0.485 e. The first-order chi connectivity index (χ1) is 18.7. The fourth-order valence-electron chi connectivity index (χ4n) is 4.10. The van der Waals surface area contributed by atoms with E-state index in [9.17, 15) is 14.7 Å². The Hall–Kier alpha value is -4.31. The van der Waals surface area contributed by atoms with Crippen molar-refractivity contribution in [2.75, 3.05) is 5.32 Å². The summed E-state index contributed by atoms with van der Waals surface area (Å²) in [4.78, 5) is 35.9. The van der Waals surface area contributed by atoms with E-state index in [0.29, 0.717) is 27.9 Å². The Morgan fingerprint density at radius 1 is 1.26 bits per heavy atom. The molecular formula is C23H23ClN8O7. The molecule has 1 aliphatic rings. The number of esters is 1. The van der Waals surface area contributed by atoms with Crippen LogP contribution in [0.25, 0.3) is 11.2 Å². The summed E-state index contributed by atoms with van der Waals surface area (Å²) >= 11 is 6.22. The van der Waals surface area contributed by atoms with Crippen molar-refractivity contribution >= 4 is 40.6 Å². The first-order valence-electron chi connectivity index (χ1n) is 11.6. The molecule has 0 spiro atoms. The third-order valence-corrected chi connectivity index (χ3v) is 6.14. The fourth-order valence-corrected chi connectivity index (χ4v) is 4.29. The maximum atomic E-state index is 12.1. The number of aromatic nitrogens is 5. The van der Waals surface area contributed by atoms with Gasteiger partial charge in [-0.25, -0.2) is 24.5 Å². The summed E-state index contributed by atoms with van der Waals surface area (Å²) in [6.45, 7) is 2.26. The number of aryl methyl sites for hydroxylation is 1. The molecule has 0 aliphatic carbocycles. The molecule has 1 aromatic carbocycles. The van der Waals surface area contributed by atoms with Gasteiger partial charge in [-0.15, -0.1) is 0 Å². The van der Waals surface area contributed by atoms with Crippen molar-refractivity contribution < 1.29 is 33.4 Å². The van der Waals surface area contributed by atoms with E-state index in [0.717, 1.165) is 11.3 Å². The summed E-state index contributed by atoms with van der Waals surface area (Å²) in [5.41, 5.74) is 13.0. The summed E-state index contributed by atoms with van der Waals surface area (Å²) in [5, 5.41) is 18.2. The van der Waals surface area contributed by atoms with Gasteiger partial charge in [0.1, 0.15) is 24.8 Å². The lowest BCUT2D eigenvalue weighted by molar-refractivity contribution is -0.152. The number of imidazole rings is 1. The Morgan fingerprint density at radius 2 is 2.08 bits per heavy atom. The van der Waals surface area contributed by atoms with Crippen LogP contribution in [0.5, 0.6) is 5.75 Å². The second-order valence-electron chi connectivity index (χ2n) is 8.63. The number of hydrogen-bond acceptors (Lipinski definition) is 13. The van der Waals surface area contributed by atoms with E-state index in [4.69, 9.17) is 37.1 Å². The third-order valence-electron chi connectivity index (χ3n) is 5.90. The molecule has 1 saturated heterocycles. The minimum atomic E-state index is -1.43. The maximum absolute atomic E-state index is 12.1. The van der Waals surface area contributed by atoms with Crippen LogP contribution in [0.1, 0.15) is 23.2 Å². The number of carbonyl (C=O) groups is 2. The highest BCUT2D eigenvalue weighted by Crippen LogP contribution is 2.32. The molecule has 1 fully saturated rings. The van der Waals surface area contributed by atoms with Crippen LogP contribution in [0.15, 0.2) is 41.4 Å². The number of nitrogens with one attached hydrogen (secondary N) is 1. The molecule has 5 rings (SSSR count). The standard InChI is InChI=1S/C23H23ClN8O7/c1-10-4-13(39-31-10)7-36-14-3-2-12(24)5-11(14)6-27-19-16-20(29-8-28-19)32(9-30-16)21-17(33)15(25)18(37-21)22(34)38-23(26)35/h2-5,8-9,15,17-18,21,33H,6-7,25H2,1H3,(H2,26,35)(H,27,28,29). The smallest absolute Gasteiger partial charge is 0.412 e.